The van der Waals surface area contributed by atoms with Gasteiger partial charge in [-0.2, -0.15) is 15.5 Å². The molecule has 0 radical (unpaired) electrons. The molecule has 12 nitrogen and oxygen atoms in total. The average Bonchev–Trinajstić information content (AvgIpc) is 3.57. The lowest BCUT2D eigenvalue weighted by Gasteiger charge is -2.09. The molecule has 2 N–H and O–H groups in total. The second kappa shape index (κ2) is 8.47. The molecule has 34 heavy (non-hydrogen) atoms. The molecule has 0 saturated heterocycles. The van der Waals surface area contributed by atoms with Gasteiger partial charge in [0.05, 0.1) is 37.2 Å². The van der Waals surface area contributed by atoms with Crippen LogP contribution in [-0.4, -0.2) is 52.5 Å². The molecule has 0 aliphatic rings. The molecule has 4 heterocycles. The van der Waals surface area contributed by atoms with Gasteiger partial charge in [0.15, 0.2) is 5.69 Å². The number of hydrogen-bond donors (Lipinski definition) is 2. The number of fused-ring (bicyclic) bond motifs is 1. The molecule has 0 aliphatic heterocycles. The normalized spacial score (nSPS) is 10.9. The van der Waals surface area contributed by atoms with Crippen molar-refractivity contribution in [1.82, 2.24) is 39.5 Å². The number of H-pyrrole nitrogens is 1. The molecular weight excluding hydrogens is 436 g/mol. The molecule has 0 spiro atoms. The van der Waals surface area contributed by atoms with E-state index in [0.29, 0.717) is 45.8 Å². The zero-order valence-corrected chi connectivity index (χ0v) is 18.2. The number of imidazole rings is 1. The van der Waals surface area contributed by atoms with Gasteiger partial charge in [-0.1, -0.05) is 0 Å². The van der Waals surface area contributed by atoms with Crippen LogP contribution in [0.3, 0.4) is 0 Å². The molecular formula is C22H18N10O2. The van der Waals surface area contributed by atoms with Gasteiger partial charge < -0.3 is 14.6 Å². The molecule has 5 aromatic rings. The summed E-state index contributed by atoms with van der Waals surface area (Å²) in [5.74, 6) is 0.813. The van der Waals surface area contributed by atoms with Gasteiger partial charge in [-0.15, -0.1) is 0 Å². The van der Waals surface area contributed by atoms with Gasteiger partial charge >= 0.3 is 0 Å². The van der Waals surface area contributed by atoms with Crippen molar-refractivity contribution in [1.29, 1.82) is 5.26 Å². The first kappa shape index (κ1) is 20.8. The van der Waals surface area contributed by atoms with Crippen LogP contribution in [-0.2, 0) is 13.6 Å². The summed E-state index contributed by atoms with van der Waals surface area (Å²) in [5.41, 5.74) is 2.91. The van der Waals surface area contributed by atoms with Crippen LogP contribution < -0.4 is 10.1 Å². The van der Waals surface area contributed by atoms with Gasteiger partial charge in [0, 0.05) is 31.2 Å². The summed E-state index contributed by atoms with van der Waals surface area (Å²) in [6.45, 7) is 0.366. The van der Waals surface area contributed by atoms with Crippen LogP contribution in [0.1, 0.15) is 21.9 Å². The Morgan fingerprint density at radius 3 is 2.97 bits per heavy atom. The van der Waals surface area contributed by atoms with Crippen LogP contribution in [0.15, 0.2) is 49.3 Å². The number of aryl methyl sites for hydroxylation is 1. The molecule has 0 aliphatic carbocycles. The zero-order chi connectivity index (χ0) is 23.7. The number of carbonyl (C=O) groups excluding carboxylic acids is 1. The summed E-state index contributed by atoms with van der Waals surface area (Å²) in [6, 6.07) is 7.13. The number of nitriles is 1. The number of benzene rings is 1. The molecule has 168 valence electrons. The van der Waals surface area contributed by atoms with E-state index in [1.54, 1.807) is 41.5 Å². The Balaban J connectivity index is 1.58. The number of anilines is 1. The van der Waals surface area contributed by atoms with E-state index in [9.17, 15) is 10.1 Å². The molecule has 0 bridgehead atoms. The first-order valence-corrected chi connectivity index (χ1v) is 10.1. The highest BCUT2D eigenvalue weighted by molar-refractivity contribution is 6.11. The van der Waals surface area contributed by atoms with Crippen LogP contribution in [0, 0.1) is 11.3 Å². The highest BCUT2D eigenvalue weighted by Crippen LogP contribution is 2.35. The number of nitrogens with zero attached hydrogens (tertiary/aromatic N) is 8. The number of methoxy groups -OCH3 is 1. The molecule has 1 amide bonds. The van der Waals surface area contributed by atoms with Crippen LogP contribution in [0.25, 0.3) is 22.3 Å². The van der Waals surface area contributed by atoms with Crippen molar-refractivity contribution in [3.8, 4) is 23.1 Å². The maximum atomic E-state index is 13.1. The number of hydrogen-bond acceptors (Lipinski definition) is 8. The summed E-state index contributed by atoms with van der Waals surface area (Å²) in [4.78, 5) is 25.6. The Kier molecular flexibility index (Phi) is 5.19. The SMILES string of the molecule is COc1ccc(C#N)cc1-c1nn(Cc2nccn2C)cc1NC(=O)c1n[nH]c2cncnc12. The van der Waals surface area contributed by atoms with Crippen molar-refractivity contribution in [3.05, 3.63) is 66.4 Å². The molecule has 5 rings (SSSR count). The molecule has 4 aromatic heterocycles. The fourth-order valence-corrected chi connectivity index (χ4v) is 3.56. The van der Waals surface area contributed by atoms with E-state index < -0.39 is 5.91 Å². The molecule has 0 saturated carbocycles. The maximum Gasteiger partial charge on any atom is 0.278 e. The Morgan fingerprint density at radius 2 is 2.21 bits per heavy atom. The molecule has 0 fully saturated rings. The largest absolute Gasteiger partial charge is 0.496 e. The monoisotopic (exact) mass is 454 g/mol. The van der Waals surface area contributed by atoms with E-state index in [-0.39, 0.29) is 5.69 Å². The van der Waals surface area contributed by atoms with Gasteiger partial charge in [-0.3, -0.25) is 14.6 Å². The minimum absolute atomic E-state index is 0.123. The van der Waals surface area contributed by atoms with Crippen molar-refractivity contribution in [2.45, 2.75) is 6.54 Å². The van der Waals surface area contributed by atoms with Crippen molar-refractivity contribution < 1.29 is 9.53 Å². The third-order valence-electron chi connectivity index (χ3n) is 5.26. The van der Waals surface area contributed by atoms with E-state index in [0.717, 1.165) is 5.82 Å². The number of ether oxygens (including phenoxy) is 1. The summed E-state index contributed by atoms with van der Waals surface area (Å²) in [5, 5.41) is 23.8. The molecule has 12 heteroatoms. The van der Waals surface area contributed by atoms with Gasteiger partial charge in [0.1, 0.15) is 34.6 Å². The van der Waals surface area contributed by atoms with Crippen molar-refractivity contribution >= 4 is 22.6 Å². The minimum atomic E-state index is -0.474. The van der Waals surface area contributed by atoms with Crippen molar-refractivity contribution in [2.24, 2.45) is 7.05 Å². The Morgan fingerprint density at radius 1 is 1.32 bits per heavy atom. The lowest BCUT2D eigenvalue weighted by Crippen LogP contribution is -2.13. The van der Waals surface area contributed by atoms with Crippen LogP contribution in [0.2, 0.25) is 0 Å². The number of carbonyl (C=O) groups is 1. The standard InChI is InChI=1S/C22H18N10O2/c1-31-6-5-25-18(31)11-32-10-16(19(30-32)14-7-13(8-23)3-4-17(14)34-2)27-22(33)21-20-15(28-29-21)9-24-12-26-20/h3-7,9-10,12H,11H2,1-2H3,(H,27,33)(H,28,29). The van der Waals surface area contributed by atoms with E-state index in [2.05, 4.69) is 41.6 Å². The van der Waals surface area contributed by atoms with Crippen LogP contribution >= 0.6 is 0 Å². The van der Waals surface area contributed by atoms with Crippen LogP contribution in [0.5, 0.6) is 5.75 Å². The summed E-state index contributed by atoms with van der Waals surface area (Å²) < 4.78 is 9.05. The predicted octanol–water partition coefficient (Wildman–Crippen LogP) is 2.13. The topological polar surface area (TPSA) is 152 Å². The van der Waals surface area contributed by atoms with Gasteiger partial charge in [-0.25, -0.2) is 15.0 Å². The number of aromatic amines is 1. The Hall–Kier alpha value is -5.05. The molecule has 0 unspecified atom stereocenters. The minimum Gasteiger partial charge on any atom is -0.496 e. The Labute approximate surface area is 192 Å². The quantitative estimate of drug-likeness (QED) is 0.396. The van der Waals surface area contributed by atoms with Crippen molar-refractivity contribution in [2.75, 3.05) is 12.4 Å². The average molecular weight is 454 g/mol. The van der Waals surface area contributed by atoms with E-state index in [1.165, 1.54) is 13.4 Å². The van der Waals surface area contributed by atoms with E-state index >= 15 is 0 Å². The van der Waals surface area contributed by atoms with E-state index in [1.807, 2.05) is 17.8 Å². The maximum absolute atomic E-state index is 13.1. The van der Waals surface area contributed by atoms with Crippen molar-refractivity contribution in [3.63, 3.8) is 0 Å². The first-order valence-electron chi connectivity index (χ1n) is 10.1. The number of rotatable bonds is 6. The summed E-state index contributed by atoms with van der Waals surface area (Å²) >= 11 is 0. The van der Waals surface area contributed by atoms with Gasteiger partial charge in [-0.05, 0) is 18.2 Å². The van der Waals surface area contributed by atoms with Gasteiger partial charge in [0.2, 0.25) is 0 Å². The van der Waals surface area contributed by atoms with Gasteiger partial charge in [0.25, 0.3) is 5.91 Å². The lowest BCUT2D eigenvalue weighted by atomic mass is 10.1. The number of nitrogens with one attached hydrogen (secondary N) is 2. The second-order valence-corrected chi connectivity index (χ2v) is 7.38. The predicted molar refractivity (Wildman–Crippen MR) is 121 cm³/mol. The number of amides is 1. The molecule has 0 atom stereocenters. The van der Waals surface area contributed by atoms with Crippen LogP contribution in [0.4, 0.5) is 5.69 Å². The lowest BCUT2D eigenvalue weighted by molar-refractivity contribution is 0.102. The fraction of sp³-hybridized carbons (Fsp3) is 0.136. The molecule has 1 aromatic carbocycles. The zero-order valence-electron chi connectivity index (χ0n) is 18.2. The highest BCUT2D eigenvalue weighted by atomic mass is 16.5. The highest BCUT2D eigenvalue weighted by Gasteiger charge is 2.22. The smallest absolute Gasteiger partial charge is 0.278 e. The first-order chi connectivity index (χ1) is 16.6. The van der Waals surface area contributed by atoms with E-state index in [4.69, 9.17) is 4.74 Å². The fourth-order valence-electron chi connectivity index (χ4n) is 3.56. The number of aromatic nitrogens is 8. The summed E-state index contributed by atoms with van der Waals surface area (Å²) in [6.07, 6.45) is 8.13. The second-order valence-electron chi connectivity index (χ2n) is 7.38. The Bertz CT molecular complexity index is 1560. The summed E-state index contributed by atoms with van der Waals surface area (Å²) in [7, 11) is 3.42. The third-order valence-corrected chi connectivity index (χ3v) is 5.26. The third kappa shape index (κ3) is 3.71.